The number of hydrogen-bond donors (Lipinski definition) is 4. The third-order valence-electron chi connectivity index (χ3n) is 6.55. The number of halogens is 1. The second-order valence-electron chi connectivity index (χ2n) is 9.79. The Kier molecular flexibility index (Phi) is 7.77. The first kappa shape index (κ1) is 26.6. The lowest BCUT2D eigenvalue weighted by molar-refractivity contribution is 0.0904. The fraction of sp³-hybridized carbons (Fsp3) is 0.267. The normalized spacial score (nSPS) is 13.4. The molecule has 4 N–H and O–H groups in total. The molecule has 1 aromatic heterocycles. The molecule has 3 aromatic carbocycles. The smallest absolute Gasteiger partial charge is 0.255 e. The Hall–Kier alpha value is -4.01. The number of H-pyrrole nitrogens is 1. The van der Waals surface area contributed by atoms with Crippen molar-refractivity contribution in [3.8, 4) is 22.6 Å². The highest BCUT2D eigenvalue weighted by Gasteiger charge is 2.25. The van der Waals surface area contributed by atoms with Gasteiger partial charge in [0.1, 0.15) is 13.2 Å². The molecule has 2 amide bonds. The number of aromatic amines is 1. The van der Waals surface area contributed by atoms with E-state index in [1.165, 1.54) is 0 Å². The first-order valence-corrected chi connectivity index (χ1v) is 13.2. The number of aliphatic hydroxyl groups excluding tert-OH is 1. The SMILES string of the molecule is CC(C)NC(=O)c1ccc(-c2cc3c(c(C(=O)N[C@@H](CO)Cc4c[nH]c5ccccc45)c2)OCCO3)cc1Cl. The molecule has 9 heteroatoms. The average molecular weight is 548 g/mol. The number of carbonyl (C=O) groups excluding carboxylic acids is 2. The van der Waals surface area contributed by atoms with Gasteiger partial charge in [-0.25, -0.2) is 0 Å². The summed E-state index contributed by atoms with van der Waals surface area (Å²) >= 11 is 6.47. The summed E-state index contributed by atoms with van der Waals surface area (Å²) in [6.07, 6.45) is 2.34. The summed E-state index contributed by atoms with van der Waals surface area (Å²) in [5.41, 5.74) is 4.04. The number of hydrogen-bond acceptors (Lipinski definition) is 5. The number of fused-ring (bicyclic) bond motifs is 2. The van der Waals surface area contributed by atoms with Crippen molar-refractivity contribution in [1.29, 1.82) is 0 Å². The molecule has 0 unspecified atom stereocenters. The Morgan fingerprint density at radius 2 is 1.74 bits per heavy atom. The van der Waals surface area contributed by atoms with Crippen molar-refractivity contribution in [2.75, 3.05) is 19.8 Å². The van der Waals surface area contributed by atoms with Gasteiger partial charge >= 0.3 is 0 Å². The maximum atomic E-state index is 13.5. The van der Waals surface area contributed by atoms with Crippen LogP contribution in [0, 0.1) is 0 Å². The molecule has 0 saturated carbocycles. The van der Waals surface area contributed by atoms with Crippen molar-refractivity contribution < 1.29 is 24.2 Å². The van der Waals surface area contributed by atoms with Crippen LogP contribution >= 0.6 is 11.6 Å². The molecule has 2 heterocycles. The number of ether oxygens (including phenoxy) is 2. The minimum atomic E-state index is -0.520. The van der Waals surface area contributed by atoms with E-state index in [1.54, 1.807) is 30.3 Å². The van der Waals surface area contributed by atoms with Crippen LogP contribution in [0.2, 0.25) is 5.02 Å². The number of nitrogens with one attached hydrogen (secondary N) is 3. The largest absolute Gasteiger partial charge is 0.486 e. The van der Waals surface area contributed by atoms with Crippen LogP contribution in [-0.4, -0.2) is 53.8 Å². The third-order valence-corrected chi connectivity index (χ3v) is 6.86. The van der Waals surface area contributed by atoms with Crippen LogP contribution < -0.4 is 20.1 Å². The van der Waals surface area contributed by atoms with Crippen LogP contribution in [-0.2, 0) is 6.42 Å². The molecule has 5 rings (SSSR count). The molecular formula is C30H30ClN3O5. The Balaban J connectivity index is 1.43. The van der Waals surface area contributed by atoms with E-state index in [2.05, 4.69) is 15.6 Å². The second-order valence-corrected chi connectivity index (χ2v) is 10.2. The zero-order valence-electron chi connectivity index (χ0n) is 21.7. The fourth-order valence-electron chi connectivity index (χ4n) is 4.70. The first-order valence-electron chi connectivity index (χ1n) is 12.8. The predicted molar refractivity (Wildman–Crippen MR) is 151 cm³/mol. The summed E-state index contributed by atoms with van der Waals surface area (Å²) in [6, 6.07) is 16.0. The number of carbonyl (C=O) groups is 2. The average Bonchev–Trinajstić information content (AvgIpc) is 3.34. The fourth-order valence-corrected chi connectivity index (χ4v) is 4.96. The van der Waals surface area contributed by atoms with Gasteiger partial charge in [-0.15, -0.1) is 0 Å². The van der Waals surface area contributed by atoms with E-state index < -0.39 is 11.9 Å². The monoisotopic (exact) mass is 547 g/mol. The van der Waals surface area contributed by atoms with Crippen LogP contribution in [0.15, 0.2) is 60.8 Å². The highest BCUT2D eigenvalue weighted by atomic mass is 35.5. The molecule has 1 aliphatic rings. The van der Waals surface area contributed by atoms with Crippen LogP contribution in [0.25, 0.3) is 22.0 Å². The number of aliphatic hydroxyl groups is 1. The van der Waals surface area contributed by atoms with E-state index >= 15 is 0 Å². The zero-order chi connectivity index (χ0) is 27.5. The lowest BCUT2D eigenvalue weighted by atomic mass is 9.99. The van der Waals surface area contributed by atoms with Gasteiger partial charge in [-0.1, -0.05) is 35.9 Å². The molecule has 39 heavy (non-hydrogen) atoms. The number of benzene rings is 3. The lowest BCUT2D eigenvalue weighted by Gasteiger charge is -2.23. The van der Waals surface area contributed by atoms with Crippen molar-refractivity contribution in [2.24, 2.45) is 0 Å². The van der Waals surface area contributed by atoms with Crippen molar-refractivity contribution in [2.45, 2.75) is 32.4 Å². The summed E-state index contributed by atoms with van der Waals surface area (Å²) in [5.74, 6) is 0.148. The van der Waals surface area contributed by atoms with Gasteiger partial charge in [-0.05, 0) is 67.3 Å². The van der Waals surface area contributed by atoms with Gasteiger partial charge in [0.2, 0.25) is 0 Å². The van der Waals surface area contributed by atoms with Crippen LogP contribution in [0.4, 0.5) is 0 Å². The highest BCUT2D eigenvalue weighted by molar-refractivity contribution is 6.34. The van der Waals surface area contributed by atoms with Gasteiger partial charge in [-0.3, -0.25) is 9.59 Å². The molecule has 0 fully saturated rings. The van der Waals surface area contributed by atoms with Crippen molar-refractivity contribution in [3.05, 3.63) is 82.5 Å². The van der Waals surface area contributed by atoms with Crippen molar-refractivity contribution in [3.63, 3.8) is 0 Å². The maximum absolute atomic E-state index is 13.5. The highest BCUT2D eigenvalue weighted by Crippen LogP contribution is 2.39. The number of rotatable bonds is 8. The Labute approximate surface area is 231 Å². The molecule has 0 spiro atoms. The van der Waals surface area contributed by atoms with E-state index in [1.807, 2.05) is 44.3 Å². The lowest BCUT2D eigenvalue weighted by Crippen LogP contribution is -2.39. The van der Waals surface area contributed by atoms with E-state index in [0.717, 1.165) is 16.5 Å². The summed E-state index contributed by atoms with van der Waals surface area (Å²) in [5, 5.41) is 17.2. The number of para-hydroxylation sites is 1. The minimum Gasteiger partial charge on any atom is -0.486 e. The second kappa shape index (κ2) is 11.4. The van der Waals surface area contributed by atoms with Gasteiger partial charge in [0, 0.05) is 23.1 Å². The van der Waals surface area contributed by atoms with E-state index in [-0.39, 0.29) is 24.1 Å². The Morgan fingerprint density at radius 1 is 0.974 bits per heavy atom. The molecule has 1 aliphatic heterocycles. The number of amides is 2. The zero-order valence-corrected chi connectivity index (χ0v) is 22.5. The molecule has 4 aromatic rings. The molecule has 202 valence electrons. The topological polar surface area (TPSA) is 113 Å². The standard InChI is InChI=1S/C30H30ClN3O5/c1-17(2)33-29(36)23-8-7-18(13-25(23)31)19-12-24(28-27(14-19)38-9-10-39-28)30(37)34-21(16-35)11-20-15-32-26-6-4-3-5-22(20)26/h3-8,12-15,17,21,32,35H,9-11,16H2,1-2H3,(H,33,36)(H,34,37)/t21-/m1/s1. The number of aromatic nitrogens is 1. The van der Waals surface area contributed by atoms with Crippen LogP contribution in [0.5, 0.6) is 11.5 Å². The molecule has 0 radical (unpaired) electrons. The summed E-state index contributed by atoms with van der Waals surface area (Å²) in [7, 11) is 0. The summed E-state index contributed by atoms with van der Waals surface area (Å²) in [6.45, 7) is 4.19. The third kappa shape index (κ3) is 5.72. The molecule has 8 nitrogen and oxygen atoms in total. The molecule has 0 bridgehead atoms. The molecule has 0 aliphatic carbocycles. The van der Waals surface area contributed by atoms with E-state index in [0.29, 0.717) is 52.8 Å². The van der Waals surface area contributed by atoms with Crippen molar-refractivity contribution >= 4 is 34.3 Å². The molecular weight excluding hydrogens is 518 g/mol. The predicted octanol–water partition coefficient (Wildman–Crippen LogP) is 4.73. The quantitative estimate of drug-likeness (QED) is 0.255. The maximum Gasteiger partial charge on any atom is 0.255 e. The van der Waals surface area contributed by atoms with Gasteiger partial charge < -0.3 is 30.2 Å². The van der Waals surface area contributed by atoms with Crippen molar-refractivity contribution in [1.82, 2.24) is 15.6 Å². The van der Waals surface area contributed by atoms with Crippen LogP contribution in [0.3, 0.4) is 0 Å². The van der Waals surface area contributed by atoms with E-state index in [4.69, 9.17) is 21.1 Å². The van der Waals surface area contributed by atoms with Gasteiger partial charge in [0.15, 0.2) is 11.5 Å². The van der Waals surface area contributed by atoms with Crippen LogP contribution in [0.1, 0.15) is 40.1 Å². The van der Waals surface area contributed by atoms with Gasteiger partial charge in [-0.2, -0.15) is 0 Å². The minimum absolute atomic E-state index is 0.0224. The van der Waals surface area contributed by atoms with Gasteiger partial charge in [0.05, 0.1) is 28.8 Å². The van der Waals surface area contributed by atoms with E-state index in [9.17, 15) is 14.7 Å². The summed E-state index contributed by atoms with van der Waals surface area (Å²) in [4.78, 5) is 29.2. The molecule has 1 atom stereocenters. The molecule has 0 saturated heterocycles. The Morgan fingerprint density at radius 3 is 2.51 bits per heavy atom. The Bertz CT molecular complexity index is 1530. The summed E-state index contributed by atoms with van der Waals surface area (Å²) < 4.78 is 11.6. The van der Waals surface area contributed by atoms with Gasteiger partial charge in [0.25, 0.3) is 11.8 Å². The first-order chi connectivity index (χ1) is 18.8.